The summed E-state index contributed by atoms with van der Waals surface area (Å²) in [5.74, 6) is -1.44. The number of nitrogens with zero attached hydrogens (tertiary/aromatic N) is 3. The number of rotatable bonds is 4. The van der Waals surface area contributed by atoms with Crippen LogP contribution in [0.3, 0.4) is 0 Å². The molecule has 1 atom stereocenters. The summed E-state index contributed by atoms with van der Waals surface area (Å²) in [6.07, 6.45) is 1.66. The Morgan fingerprint density at radius 1 is 1.15 bits per heavy atom. The number of likely N-dealkylation sites (tertiary alicyclic amines) is 1. The minimum absolute atomic E-state index is 0.0116. The van der Waals surface area contributed by atoms with Gasteiger partial charge in [0.15, 0.2) is 0 Å². The van der Waals surface area contributed by atoms with Crippen molar-refractivity contribution < 1.29 is 19.1 Å². The number of amides is 1. The molecule has 0 bridgehead atoms. The molecule has 3 heterocycles. The van der Waals surface area contributed by atoms with Crippen molar-refractivity contribution in [3.05, 3.63) is 77.4 Å². The molecule has 1 fully saturated rings. The zero-order valence-electron chi connectivity index (χ0n) is 18.3. The van der Waals surface area contributed by atoms with Gasteiger partial charge in [-0.15, -0.1) is 0 Å². The van der Waals surface area contributed by atoms with Gasteiger partial charge in [-0.05, 0) is 55.7 Å². The van der Waals surface area contributed by atoms with E-state index in [0.29, 0.717) is 24.3 Å². The number of fused-ring (bicyclic) bond motifs is 2. The number of para-hydroxylation sites is 1. The minimum Gasteiger partial charge on any atom is -0.480 e. The zero-order valence-corrected chi connectivity index (χ0v) is 18.3. The van der Waals surface area contributed by atoms with Crippen LogP contribution in [0.4, 0.5) is 4.39 Å². The van der Waals surface area contributed by atoms with Gasteiger partial charge in [-0.2, -0.15) is 0 Å². The molecule has 0 aliphatic carbocycles. The summed E-state index contributed by atoms with van der Waals surface area (Å²) in [5.41, 5.74) is 3.62. The van der Waals surface area contributed by atoms with Gasteiger partial charge in [-0.3, -0.25) is 9.59 Å². The fourth-order valence-electron chi connectivity index (χ4n) is 5.08. The number of carboxylic acids is 1. The predicted molar refractivity (Wildman–Crippen MR) is 124 cm³/mol. The molecule has 4 aromatic rings. The molecular formula is C26H24FN3O3. The van der Waals surface area contributed by atoms with E-state index in [1.165, 1.54) is 12.1 Å². The number of aliphatic carboxylic acids is 1. The minimum atomic E-state index is -0.950. The highest BCUT2D eigenvalue weighted by Crippen LogP contribution is 2.37. The Balaban J connectivity index is 1.49. The number of piperidine rings is 1. The highest BCUT2D eigenvalue weighted by atomic mass is 19.1. The van der Waals surface area contributed by atoms with E-state index in [1.807, 2.05) is 42.2 Å². The molecular weight excluding hydrogens is 421 g/mol. The lowest BCUT2D eigenvalue weighted by atomic mass is 9.88. The van der Waals surface area contributed by atoms with Crippen LogP contribution in [-0.4, -0.2) is 44.5 Å². The number of benzene rings is 2. The maximum Gasteiger partial charge on any atom is 0.323 e. The van der Waals surface area contributed by atoms with Gasteiger partial charge in [0.25, 0.3) is 5.91 Å². The fraction of sp³-hybridized carbons (Fsp3) is 0.269. The monoisotopic (exact) mass is 445 g/mol. The van der Waals surface area contributed by atoms with E-state index in [9.17, 15) is 19.1 Å². The third kappa shape index (κ3) is 3.84. The van der Waals surface area contributed by atoms with Gasteiger partial charge in [0.2, 0.25) is 0 Å². The summed E-state index contributed by atoms with van der Waals surface area (Å²) in [6, 6.07) is 15.8. The first-order chi connectivity index (χ1) is 15.9. The number of carbonyl (C=O) groups is 2. The van der Waals surface area contributed by atoms with Gasteiger partial charge in [-0.1, -0.05) is 24.3 Å². The van der Waals surface area contributed by atoms with E-state index in [2.05, 4.69) is 4.98 Å². The standard InChI is InChI=1S/C26H24FN3O3/c1-16-25(20-13-19(27)9-11-23(20)30(16)15-24(31)32)18-6-4-12-29(14-18)26(33)22-10-8-17-5-2-3-7-21(17)28-22/h2-3,5,7-11,13,18H,4,6,12,14-15H2,1H3,(H,31,32). The van der Waals surface area contributed by atoms with E-state index in [-0.39, 0.29) is 24.2 Å². The molecule has 33 heavy (non-hydrogen) atoms. The third-order valence-corrected chi connectivity index (χ3v) is 6.56. The van der Waals surface area contributed by atoms with Crippen molar-refractivity contribution >= 4 is 33.7 Å². The second-order valence-electron chi connectivity index (χ2n) is 8.62. The van der Waals surface area contributed by atoms with Crippen LogP contribution in [0.1, 0.15) is 40.5 Å². The highest BCUT2D eigenvalue weighted by molar-refractivity contribution is 5.95. The Hall–Kier alpha value is -3.74. The van der Waals surface area contributed by atoms with Gasteiger partial charge < -0.3 is 14.6 Å². The van der Waals surface area contributed by atoms with E-state index in [1.54, 1.807) is 16.7 Å². The largest absolute Gasteiger partial charge is 0.480 e. The smallest absolute Gasteiger partial charge is 0.323 e. The molecule has 1 aliphatic rings. The van der Waals surface area contributed by atoms with Crippen molar-refractivity contribution in [2.75, 3.05) is 13.1 Å². The molecule has 0 saturated carbocycles. The second kappa shape index (κ2) is 8.31. The van der Waals surface area contributed by atoms with E-state index >= 15 is 0 Å². The van der Waals surface area contributed by atoms with Crippen LogP contribution >= 0.6 is 0 Å². The Morgan fingerprint density at radius 3 is 2.79 bits per heavy atom. The van der Waals surface area contributed by atoms with Crippen LogP contribution in [0, 0.1) is 12.7 Å². The number of halogens is 1. The summed E-state index contributed by atoms with van der Waals surface area (Å²) in [5, 5.41) is 11.1. The van der Waals surface area contributed by atoms with Gasteiger partial charge in [0.1, 0.15) is 18.1 Å². The molecule has 6 nitrogen and oxygen atoms in total. The maximum absolute atomic E-state index is 14.1. The van der Waals surface area contributed by atoms with Crippen molar-refractivity contribution in [2.24, 2.45) is 0 Å². The lowest BCUT2D eigenvalue weighted by Gasteiger charge is -2.33. The zero-order chi connectivity index (χ0) is 23.1. The van der Waals surface area contributed by atoms with Gasteiger partial charge in [0, 0.05) is 41.0 Å². The maximum atomic E-state index is 14.1. The van der Waals surface area contributed by atoms with Crippen molar-refractivity contribution in [2.45, 2.75) is 32.2 Å². The number of pyridine rings is 1. The van der Waals surface area contributed by atoms with Gasteiger partial charge in [0.05, 0.1) is 5.52 Å². The quantitative estimate of drug-likeness (QED) is 0.492. The van der Waals surface area contributed by atoms with Crippen molar-refractivity contribution in [1.29, 1.82) is 0 Å². The van der Waals surface area contributed by atoms with Crippen LogP contribution in [0.2, 0.25) is 0 Å². The first kappa shape index (κ1) is 21.1. The highest BCUT2D eigenvalue weighted by Gasteiger charge is 2.30. The number of hydrogen-bond acceptors (Lipinski definition) is 3. The van der Waals surface area contributed by atoms with Crippen LogP contribution in [0.5, 0.6) is 0 Å². The molecule has 2 aromatic carbocycles. The van der Waals surface area contributed by atoms with E-state index in [0.717, 1.165) is 40.4 Å². The summed E-state index contributed by atoms with van der Waals surface area (Å²) < 4.78 is 15.9. The molecule has 7 heteroatoms. The van der Waals surface area contributed by atoms with E-state index < -0.39 is 5.97 Å². The second-order valence-corrected chi connectivity index (χ2v) is 8.62. The Kier molecular flexibility index (Phi) is 5.32. The predicted octanol–water partition coefficient (Wildman–Crippen LogP) is 4.74. The Morgan fingerprint density at radius 2 is 1.97 bits per heavy atom. The number of carbonyl (C=O) groups excluding carboxylic acids is 1. The first-order valence-corrected chi connectivity index (χ1v) is 11.1. The summed E-state index contributed by atoms with van der Waals surface area (Å²) in [4.78, 5) is 31.1. The topological polar surface area (TPSA) is 75.4 Å². The number of aromatic nitrogens is 2. The van der Waals surface area contributed by atoms with Gasteiger partial charge >= 0.3 is 5.97 Å². The molecule has 1 N–H and O–H groups in total. The van der Waals surface area contributed by atoms with Crippen LogP contribution in [-0.2, 0) is 11.3 Å². The lowest BCUT2D eigenvalue weighted by molar-refractivity contribution is -0.137. The molecule has 1 unspecified atom stereocenters. The fourth-order valence-corrected chi connectivity index (χ4v) is 5.08. The summed E-state index contributed by atoms with van der Waals surface area (Å²) in [6.45, 7) is 2.80. The average molecular weight is 445 g/mol. The summed E-state index contributed by atoms with van der Waals surface area (Å²) >= 11 is 0. The molecule has 168 valence electrons. The molecule has 1 aliphatic heterocycles. The van der Waals surface area contributed by atoms with Crippen LogP contribution in [0.25, 0.3) is 21.8 Å². The SMILES string of the molecule is Cc1c(C2CCCN(C(=O)c3ccc4ccccc4n3)C2)c2cc(F)ccc2n1CC(=O)O. The molecule has 1 amide bonds. The van der Waals surface area contributed by atoms with Gasteiger partial charge in [-0.25, -0.2) is 9.37 Å². The average Bonchev–Trinajstić information content (AvgIpc) is 3.08. The normalized spacial score (nSPS) is 16.4. The third-order valence-electron chi connectivity index (χ3n) is 6.56. The molecule has 5 rings (SSSR count). The van der Waals surface area contributed by atoms with Crippen molar-refractivity contribution in [3.63, 3.8) is 0 Å². The Bertz CT molecular complexity index is 1390. The van der Waals surface area contributed by atoms with E-state index in [4.69, 9.17) is 0 Å². The van der Waals surface area contributed by atoms with Crippen molar-refractivity contribution in [1.82, 2.24) is 14.5 Å². The molecule has 0 radical (unpaired) electrons. The van der Waals surface area contributed by atoms with Crippen LogP contribution in [0.15, 0.2) is 54.6 Å². The van der Waals surface area contributed by atoms with Crippen molar-refractivity contribution in [3.8, 4) is 0 Å². The Labute approximate surface area is 190 Å². The van der Waals surface area contributed by atoms with Crippen LogP contribution < -0.4 is 0 Å². The summed E-state index contributed by atoms with van der Waals surface area (Å²) in [7, 11) is 0. The molecule has 1 saturated heterocycles. The molecule has 2 aromatic heterocycles. The molecule has 0 spiro atoms. The lowest BCUT2D eigenvalue weighted by Crippen LogP contribution is -2.39. The number of carboxylic acid groups (broad SMARTS) is 1. The first-order valence-electron chi connectivity index (χ1n) is 11.1. The number of hydrogen-bond donors (Lipinski definition) is 1.